The topological polar surface area (TPSA) is 24.7 Å². The number of halogens is 1. The van der Waals surface area contributed by atoms with Crippen LogP contribution in [0.2, 0.25) is 5.02 Å². The fourth-order valence-corrected chi connectivity index (χ4v) is 8.92. The lowest BCUT2D eigenvalue weighted by atomic mass is 9.79. The van der Waals surface area contributed by atoms with E-state index >= 15 is 0 Å². The van der Waals surface area contributed by atoms with Gasteiger partial charge in [-0.1, -0.05) is 187 Å². The third-order valence-electron chi connectivity index (χ3n) is 11.0. The molecule has 8 aromatic carbocycles. The first-order valence-electron chi connectivity index (χ1n) is 19.3. The molecular formula is C53H41ClN2. The second-order valence-corrected chi connectivity index (χ2v) is 15.3. The fraction of sp³-hybridized carbons (Fsp3) is 0.0943. The molecule has 0 heterocycles. The van der Waals surface area contributed by atoms with E-state index in [-0.39, 0.29) is 11.8 Å². The molecule has 56 heavy (non-hydrogen) atoms. The van der Waals surface area contributed by atoms with Crippen molar-refractivity contribution >= 4 is 45.2 Å². The van der Waals surface area contributed by atoms with E-state index in [1.54, 1.807) is 0 Å². The number of nitrogens with zero attached hydrogens (tertiary/aromatic N) is 2. The molecule has 2 nitrogen and oxygen atoms in total. The summed E-state index contributed by atoms with van der Waals surface area (Å²) in [5, 5.41) is 3.02. The number of hydrogen-bond donors (Lipinski definition) is 0. The molecule has 0 saturated carbocycles. The number of rotatable bonds is 8. The Morgan fingerprint density at radius 1 is 0.411 bits per heavy atom. The van der Waals surface area contributed by atoms with Crippen molar-refractivity contribution < 1.29 is 0 Å². The largest absolute Gasteiger partial charge is 0.246 e. The zero-order valence-electron chi connectivity index (χ0n) is 31.7. The van der Waals surface area contributed by atoms with E-state index in [1.807, 2.05) is 0 Å². The van der Waals surface area contributed by atoms with Crippen LogP contribution in [0, 0.1) is 20.8 Å². The first kappa shape index (κ1) is 35.4. The van der Waals surface area contributed by atoms with Gasteiger partial charge in [0.05, 0.1) is 22.8 Å². The van der Waals surface area contributed by atoms with Crippen molar-refractivity contribution in [3.63, 3.8) is 0 Å². The van der Waals surface area contributed by atoms with E-state index in [1.165, 1.54) is 38.6 Å². The van der Waals surface area contributed by atoms with Gasteiger partial charge in [0.15, 0.2) is 0 Å². The number of hydrogen-bond acceptors (Lipinski definition) is 2. The van der Waals surface area contributed by atoms with E-state index in [0.717, 1.165) is 56.2 Å². The molecule has 0 unspecified atom stereocenters. The Morgan fingerprint density at radius 3 is 1.18 bits per heavy atom. The fourth-order valence-electron chi connectivity index (χ4n) is 8.69. The SMILES string of the molecule is Cc1cc(C)c(N=C2C(=Nc3c(C(c4ccccc4)c4ccccc4)cc(Cl)cc3C(c3ccccc3)c3ccccc3)c3cccc4cccc2c34)c(C)c1. The molecule has 0 spiro atoms. The second kappa shape index (κ2) is 15.1. The molecule has 0 atom stereocenters. The molecule has 0 bridgehead atoms. The third kappa shape index (κ3) is 6.57. The average Bonchev–Trinajstić information content (AvgIpc) is 3.52. The quantitative estimate of drug-likeness (QED) is 0.139. The van der Waals surface area contributed by atoms with E-state index in [2.05, 4.69) is 203 Å². The molecule has 270 valence electrons. The molecule has 8 aromatic rings. The standard InChI is InChI=1S/C53H41ClN2/c1-34-30-35(2)50(36(3)31-34)55-52-43-28-16-26-41-27-17-29-44(49(41)43)53(52)56-51-45(47(37-18-8-4-9-19-37)38-20-10-5-11-21-38)32-42(54)33-46(51)48(39-22-12-6-13-23-39)40-24-14-7-15-25-40/h4-33,47-48H,1-3H3. The Kier molecular flexibility index (Phi) is 9.51. The van der Waals surface area contributed by atoms with E-state index in [9.17, 15) is 0 Å². The lowest BCUT2D eigenvalue weighted by Crippen LogP contribution is -2.13. The maximum absolute atomic E-state index is 7.33. The van der Waals surface area contributed by atoms with Crippen molar-refractivity contribution in [2.75, 3.05) is 0 Å². The minimum Gasteiger partial charge on any atom is -0.246 e. The van der Waals surface area contributed by atoms with Crippen molar-refractivity contribution in [3.8, 4) is 0 Å². The minimum atomic E-state index is -0.150. The van der Waals surface area contributed by atoms with Crippen molar-refractivity contribution in [3.05, 3.63) is 248 Å². The molecule has 0 fully saturated rings. The monoisotopic (exact) mass is 740 g/mol. The van der Waals surface area contributed by atoms with Gasteiger partial charge in [0.1, 0.15) is 0 Å². The van der Waals surface area contributed by atoms with Crippen molar-refractivity contribution in [2.45, 2.75) is 32.6 Å². The third-order valence-corrected chi connectivity index (χ3v) is 11.2. The molecule has 0 amide bonds. The van der Waals surface area contributed by atoms with Gasteiger partial charge in [-0.2, -0.15) is 0 Å². The molecule has 0 aromatic heterocycles. The number of aryl methyl sites for hydroxylation is 3. The molecule has 1 aliphatic carbocycles. The van der Waals surface area contributed by atoms with Gasteiger partial charge < -0.3 is 0 Å². The van der Waals surface area contributed by atoms with Gasteiger partial charge in [-0.15, -0.1) is 0 Å². The zero-order chi connectivity index (χ0) is 38.2. The van der Waals surface area contributed by atoms with E-state index in [0.29, 0.717) is 5.02 Å². The Bertz CT molecular complexity index is 2560. The van der Waals surface area contributed by atoms with Crippen LogP contribution >= 0.6 is 11.6 Å². The maximum Gasteiger partial charge on any atom is 0.0979 e. The smallest absolute Gasteiger partial charge is 0.0979 e. The van der Waals surface area contributed by atoms with Crippen LogP contribution in [0.15, 0.2) is 192 Å². The van der Waals surface area contributed by atoms with Gasteiger partial charge in [0, 0.05) is 33.4 Å². The summed E-state index contributed by atoms with van der Waals surface area (Å²) in [6.07, 6.45) is 0. The van der Waals surface area contributed by atoms with E-state index in [4.69, 9.17) is 21.6 Å². The van der Waals surface area contributed by atoms with Crippen LogP contribution in [0.3, 0.4) is 0 Å². The summed E-state index contributed by atoms with van der Waals surface area (Å²) in [4.78, 5) is 11.5. The summed E-state index contributed by atoms with van der Waals surface area (Å²) in [7, 11) is 0. The predicted octanol–water partition coefficient (Wildman–Crippen LogP) is 14.0. The Hall–Kier alpha value is -6.35. The lowest BCUT2D eigenvalue weighted by molar-refractivity contribution is 0.939. The molecule has 0 radical (unpaired) electrons. The lowest BCUT2D eigenvalue weighted by Gasteiger charge is -2.27. The Morgan fingerprint density at radius 2 is 0.786 bits per heavy atom. The van der Waals surface area contributed by atoms with Gasteiger partial charge in [-0.3, -0.25) is 0 Å². The molecule has 3 heteroatoms. The molecule has 0 aliphatic heterocycles. The van der Waals surface area contributed by atoms with Crippen LogP contribution in [0.5, 0.6) is 0 Å². The number of aliphatic imine (C=N–C) groups is 2. The summed E-state index contributed by atoms with van der Waals surface area (Å²) in [6.45, 7) is 6.46. The maximum atomic E-state index is 7.33. The molecule has 0 saturated heterocycles. The van der Waals surface area contributed by atoms with Gasteiger partial charge in [0.25, 0.3) is 0 Å². The first-order chi connectivity index (χ1) is 27.4. The van der Waals surface area contributed by atoms with Crippen LogP contribution in [0.1, 0.15) is 73.0 Å². The normalized spacial score (nSPS) is 13.8. The highest BCUT2D eigenvalue weighted by Crippen LogP contribution is 2.47. The highest BCUT2D eigenvalue weighted by Gasteiger charge is 2.32. The van der Waals surface area contributed by atoms with Crippen molar-refractivity contribution in [1.29, 1.82) is 0 Å². The Balaban J connectivity index is 1.42. The van der Waals surface area contributed by atoms with Crippen LogP contribution in [0.4, 0.5) is 11.4 Å². The van der Waals surface area contributed by atoms with E-state index < -0.39 is 0 Å². The van der Waals surface area contributed by atoms with Crippen molar-refractivity contribution in [1.82, 2.24) is 0 Å². The summed E-state index contributed by atoms with van der Waals surface area (Å²) in [6, 6.07) is 64.7. The van der Waals surface area contributed by atoms with Gasteiger partial charge in [0.2, 0.25) is 0 Å². The average molecular weight is 741 g/mol. The van der Waals surface area contributed by atoms with Crippen molar-refractivity contribution in [2.24, 2.45) is 9.98 Å². The van der Waals surface area contributed by atoms with Crippen LogP contribution in [0.25, 0.3) is 10.8 Å². The second-order valence-electron chi connectivity index (χ2n) is 14.8. The number of benzene rings is 8. The molecule has 1 aliphatic rings. The first-order valence-corrected chi connectivity index (χ1v) is 19.6. The predicted molar refractivity (Wildman–Crippen MR) is 236 cm³/mol. The molecule has 9 rings (SSSR count). The van der Waals surface area contributed by atoms with Crippen LogP contribution < -0.4 is 0 Å². The summed E-state index contributed by atoms with van der Waals surface area (Å²) in [5.74, 6) is -0.300. The highest BCUT2D eigenvalue weighted by atomic mass is 35.5. The summed E-state index contributed by atoms with van der Waals surface area (Å²) < 4.78 is 0. The summed E-state index contributed by atoms with van der Waals surface area (Å²) >= 11 is 7.33. The Labute approximate surface area is 334 Å². The van der Waals surface area contributed by atoms with Gasteiger partial charge in [-0.05, 0) is 82.8 Å². The molecular weight excluding hydrogens is 700 g/mol. The molecule has 0 N–H and O–H groups in total. The summed E-state index contributed by atoms with van der Waals surface area (Å²) in [5.41, 5.74) is 16.1. The van der Waals surface area contributed by atoms with Crippen LogP contribution in [-0.4, -0.2) is 11.4 Å². The minimum absolute atomic E-state index is 0.150. The van der Waals surface area contributed by atoms with Gasteiger partial charge in [-0.25, -0.2) is 9.98 Å². The van der Waals surface area contributed by atoms with Gasteiger partial charge >= 0.3 is 0 Å². The van der Waals surface area contributed by atoms with Crippen LogP contribution in [-0.2, 0) is 0 Å². The highest BCUT2D eigenvalue weighted by molar-refractivity contribution is 6.61. The zero-order valence-corrected chi connectivity index (χ0v) is 32.5.